The van der Waals surface area contributed by atoms with E-state index in [4.69, 9.17) is 5.73 Å². The molecule has 0 saturated carbocycles. The normalized spacial score (nSPS) is 11.1. The van der Waals surface area contributed by atoms with Crippen molar-refractivity contribution in [2.24, 2.45) is 5.73 Å². The first-order valence-corrected chi connectivity index (χ1v) is 7.33. The second kappa shape index (κ2) is 6.23. The van der Waals surface area contributed by atoms with Gasteiger partial charge in [-0.25, -0.2) is 0 Å². The van der Waals surface area contributed by atoms with Crippen molar-refractivity contribution in [3.8, 4) is 0 Å². The van der Waals surface area contributed by atoms with E-state index in [0.717, 1.165) is 12.8 Å². The minimum absolute atomic E-state index is 0.180. The summed E-state index contributed by atoms with van der Waals surface area (Å²) in [7, 11) is 0. The first-order chi connectivity index (χ1) is 9.45. The highest BCUT2D eigenvalue weighted by atomic mass is 14.6. The van der Waals surface area contributed by atoms with Gasteiger partial charge in [0, 0.05) is 6.04 Å². The molecule has 1 heteroatoms. The van der Waals surface area contributed by atoms with E-state index in [1.54, 1.807) is 0 Å². The number of rotatable bonds is 4. The fourth-order valence-corrected chi connectivity index (χ4v) is 2.54. The van der Waals surface area contributed by atoms with E-state index in [9.17, 15) is 0 Å². The predicted molar refractivity (Wildman–Crippen MR) is 87.2 cm³/mol. The van der Waals surface area contributed by atoms with Crippen molar-refractivity contribution in [2.75, 3.05) is 0 Å². The van der Waals surface area contributed by atoms with Gasteiger partial charge in [0.15, 0.2) is 0 Å². The highest BCUT2D eigenvalue weighted by molar-refractivity contribution is 5.32. The van der Waals surface area contributed by atoms with Gasteiger partial charge in [0.05, 0.1) is 0 Å². The fraction of sp³-hybridized carbons (Fsp3) is 0.368. The molecule has 0 bridgehead atoms. The Bertz CT molecular complexity index is 545. The van der Waals surface area contributed by atoms with E-state index in [0.29, 0.717) is 0 Å². The summed E-state index contributed by atoms with van der Waals surface area (Å²) in [6.45, 7) is 8.61. The molecule has 0 aliphatic rings. The summed E-state index contributed by atoms with van der Waals surface area (Å²) in [5.41, 5.74) is 14.4. The Labute approximate surface area is 122 Å². The lowest BCUT2D eigenvalue weighted by Gasteiger charge is -2.14. The van der Waals surface area contributed by atoms with Gasteiger partial charge in [0.2, 0.25) is 0 Å². The van der Waals surface area contributed by atoms with Crippen LogP contribution in [0.5, 0.6) is 0 Å². The van der Waals surface area contributed by atoms with Crippen molar-refractivity contribution >= 4 is 0 Å². The van der Waals surface area contributed by atoms with Crippen LogP contribution in [0.2, 0.25) is 0 Å². The summed E-state index contributed by atoms with van der Waals surface area (Å²) in [4.78, 5) is 0. The van der Waals surface area contributed by atoms with Gasteiger partial charge in [0.25, 0.3) is 0 Å². The highest BCUT2D eigenvalue weighted by Gasteiger charge is 2.07. The Kier molecular flexibility index (Phi) is 4.61. The number of hydrogen-bond acceptors (Lipinski definition) is 1. The standard InChI is InChI=1S/C19H25N/c1-13-5-7-17(9-15(13)3)11-19(20)12-18-8-6-14(2)16(4)10-18/h5-10,19H,11-12,20H2,1-4H3. The van der Waals surface area contributed by atoms with Crippen LogP contribution >= 0.6 is 0 Å². The van der Waals surface area contributed by atoms with E-state index in [1.165, 1.54) is 33.4 Å². The number of benzene rings is 2. The van der Waals surface area contributed by atoms with E-state index in [-0.39, 0.29) is 6.04 Å². The topological polar surface area (TPSA) is 26.0 Å². The van der Waals surface area contributed by atoms with Crippen molar-refractivity contribution in [2.45, 2.75) is 46.6 Å². The minimum atomic E-state index is 0.180. The molecule has 0 unspecified atom stereocenters. The Balaban J connectivity index is 2.02. The number of aryl methyl sites for hydroxylation is 4. The van der Waals surface area contributed by atoms with Crippen LogP contribution in [0.25, 0.3) is 0 Å². The number of nitrogens with two attached hydrogens (primary N) is 1. The molecule has 0 aliphatic carbocycles. The van der Waals surface area contributed by atoms with Crippen molar-refractivity contribution in [3.63, 3.8) is 0 Å². The summed E-state index contributed by atoms with van der Waals surface area (Å²) >= 11 is 0. The largest absolute Gasteiger partial charge is 0.327 e. The van der Waals surface area contributed by atoms with Gasteiger partial charge in [-0.2, -0.15) is 0 Å². The molecule has 0 spiro atoms. The summed E-state index contributed by atoms with van der Waals surface area (Å²) < 4.78 is 0. The lowest BCUT2D eigenvalue weighted by Crippen LogP contribution is -2.25. The van der Waals surface area contributed by atoms with Gasteiger partial charge >= 0.3 is 0 Å². The van der Waals surface area contributed by atoms with Crippen LogP contribution in [-0.4, -0.2) is 6.04 Å². The molecule has 1 nitrogen and oxygen atoms in total. The third-order valence-corrected chi connectivity index (χ3v) is 4.14. The molecule has 0 heterocycles. The van der Waals surface area contributed by atoms with Crippen LogP contribution in [0.4, 0.5) is 0 Å². The van der Waals surface area contributed by atoms with Gasteiger partial charge in [0.1, 0.15) is 0 Å². The average Bonchev–Trinajstić information content (AvgIpc) is 2.38. The molecule has 2 N–H and O–H groups in total. The second-order valence-electron chi connectivity index (χ2n) is 6.01. The molecular weight excluding hydrogens is 242 g/mol. The molecule has 0 atom stereocenters. The van der Waals surface area contributed by atoms with Crippen LogP contribution in [0.1, 0.15) is 33.4 Å². The SMILES string of the molecule is Cc1ccc(CC(N)Cc2ccc(C)c(C)c2)cc1C. The molecule has 2 aromatic rings. The maximum absolute atomic E-state index is 6.31. The quantitative estimate of drug-likeness (QED) is 0.889. The maximum Gasteiger partial charge on any atom is 0.0120 e. The average molecular weight is 267 g/mol. The van der Waals surface area contributed by atoms with E-state index < -0.39 is 0 Å². The van der Waals surface area contributed by atoms with E-state index >= 15 is 0 Å². The fourth-order valence-electron chi connectivity index (χ4n) is 2.54. The minimum Gasteiger partial charge on any atom is -0.327 e. The third kappa shape index (κ3) is 3.71. The zero-order valence-electron chi connectivity index (χ0n) is 13.0. The van der Waals surface area contributed by atoms with Gasteiger partial charge in [-0.05, 0) is 73.9 Å². The molecular formula is C19H25N. The van der Waals surface area contributed by atoms with Crippen molar-refractivity contribution in [1.82, 2.24) is 0 Å². The Morgan fingerprint density at radius 1 is 0.700 bits per heavy atom. The van der Waals surface area contributed by atoms with Crippen LogP contribution in [0, 0.1) is 27.7 Å². The van der Waals surface area contributed by atoms with Gasteiger partial charge < -0.3 is 5.73 Å². The summed E-state index contributed by atoms with van der Waals surface area (Å²) in [6, 6.07) is 13.5. The monoisotopic (exact) mass is 267 g/mol. The van der Waals surface area contributed by atoms with Crippen LogP contribution in [-0.2, 0) is 12.8 Å². The van der Waals surface area contributed by atoms with Crippen LogP contribution in [0.3, 0.4) is 0 Å². The van der Waals surface area contributed by atoms with Crippen molar-refractivity contribution in [3.05, 3.63) is 69.8 Å². The molecule has 0 aliphatic heterocycles. The smallest absolute Gasteiger partial charge is 0.0120 e. The van der Waals surface area contributed by atoms with Crippen LogP contribution in [0.15, 0.2) is 36.4 Å². The molecule has 106 valence electrons. The molecule has 2 rings (SSSR count). The van der Waals surface area contributed by atoms with Crippen LogP contribution < -0.4 is 5.73 Å². The van der Waals surface area contributed by atoms with Crippen molar-refractivity contribution < 1.29 is 0 Å². The zero-order valence-corrected chi connectivity index (χ0v) is 13.0. The molecule has 0 radical (unpaired) electrons. The van der Waals surface area contributed by atoms with Gasteiger partial charge in [-0.1, -0.05) is 36.4 Å². The predicted octanol–water partition coefficient (Wildman–Crippen LogP) is 4.03. The number of hydrogen-bond donors (Lipinski definition) is 1. The molecule has 0 saturated heterocycles. The summed E-state index contributed by atoms with van der Waals surface area (Å²) in [6.07, 6.45) is 1.88. The lowest BCUT2D eigenvalue weighted by atomic mass is 9.96. The molecule has 2 aromatic carbocycles. The Hall–Kier alpha value is -1.60. The Morgan fingerprint density at radius 2 is 1.10 bits per heavy atom. The van der Waals surface area contributed by atoms with E-state index in [2.05, 4.69) is 64.1 Å². The maximum atomic E-state index is 6.31. The second-order valence-corrected chi connectivity index (χ2v) is 6.01. The summed E-state index contributed by atoms with van der Waals surface area (Å²) in [5.74, 6) is 0. The highest BCUT2D eigenvalue weighted by Crippen LogP contribution is 2.15. The molecule has 0 aromatic heterocycles. The third-order valence-electron chi connectivity index (χ3n) is 4.14. The summed E-state index contributed by atoms with van der Waals surface area (Å²) in [5, 5.41) is 0. The molecule has 0 fully saturated rings. The molecule has 0 amide bonds. The lowest BCUT2D eigenvalue weighted by molar-refractivity contribution is 0.664. The molecule has 20 heavy (non-hydrogen) atoms. The zero-order chi connectivity index (χ0) is 14.7. The van der Waals surface area contributed by atoms with Gasteiger partial charge in [-0.3, -0.25) is 0 Å². The first-order valence-electron chi connectivity index (χ1n) is 7.33. The van der Waals surface area contributed by atoms with Crippen molar-refractivity contribution in [1.29, 1.82) is 0 Å². The van der Waals surface area contributed by atoms with Gasteiger partial charge in [-0.15, -0.1) is 0 Å². The Morgan fingerprint density at radius 3 is 1.45 bits per heavy atom. The van der Waals surface area contributed by atoms with E-state index in [1.807, 2.05) is 0 Å². The first kappa shape index (κ1) is 14.8.